The monoisotopic (exact) mass is 378 g/mol. The highest BCUT2D eigenvalue weighted by Crippen LogP contribution is 2.43. The molecule has 0 unspecified atom stereocenters. The summed E-state index contributed by atoms with van der Waals surface area (Å²) >= 11 is 0. The molecule has 0 saturated heterocycles. The molecule has 3 heterocycles. The molecule has 0 fully saturated rings. The molecule has 8 heteroatoms. The van der Waals surface area contributed by atoms with Crippen LogP contribution in [-0.2, 0) is 4.79 Å². The van der Waals surface area contributed by atoms with Gasteiger partial charge in [-0.05, 0) is 54.9 Å². The van der Waals surface area contributed by atoms with E-state index in [4.69, 9.17) is 8.83 Å². The Hall–Kier alpha value is -3.94. The summed E-state index contributed by atoms with van der Waals surface area (Å²) in [6.07, 6.45) is 2.73. The Morgan fingerprint density at radius 3 is 2.25 bits per heavy atom. The van der Waals surface area contributed by atoms with Gasteiger partial charge in [-0.1, -0.05) is 0 Å². The lowest BCUT2D eigenvalue weighted by molar-refractivity contribution is -0.112. The van der Waals surface area contributed by atoms with Crippen molar-refractivity contribution in [1.82, 2.24) is 0 Å². The van der Waals surface area contributed by atoms with Crippen LogP contribution >= 0.6 is 0 Å². The van der Waals surface area contributed by atoms with Gasteiger partial charge in [0.25, 0.3) is 5.91 Å². The molecule has 0 radical (unpaired) electrons. The number of furan rings is 2. The summed E-state index contributed by atoms with van der Waals surface area (Å²) in [5.41, 5.74) is 1.51. The average molecular weight is 378 g/mol. The van der Waals surface area contributed by atoms with Gasteiger partial charge in [-0.2, -0.15) is 0 Å². The lowest BCUT2D eigenvalue weighted by Crippen LogP contribution is -2.33. The number of aryl methyl sites for hydroxylation is 2. The van der Waals surface area contributed by atoms with Crippen LogP contribution in [0.3, 0.4) is 0 Å². The average Bonchev–Trinajstić information content (AvgIpc) is 3.37. The second-order valence-electron chi connectivity index (χ2n) is 6.33. The fraction of sp³-hybridized carbons (Fsp3) is 0.100. The zero-order valence-electron chi connectivity index (χ0n) is 14.9. The minimum Gasteiger partial charge on any atom is -0.504 e. The van der Waals surface area contributed by atoms with Crippen molar-refractivity contribution < 1.29 is 23.5 Å². The summed E-state index contributed by atoms with van der Waals surface area (Å²) in [5, 5.41) is 13.6. The minimum atomic E-state index is -0.757. The molecular weight excluding hydrogens is 364 g/mol. The number of aliphatic hydroxyl groups is 1. The molecule has 28 heavy (non-hydrogen) atoms. The summed E-state index contributed by atoms with van der Waals surface area (Å²) in [6, 6.07) is 7.40. The third kappa shape index (κ3) is 2.46. The first-order valence-electron chi connectivity index (χ1n) is 8.32. The van der Waals surface area contributed by atoms with Crippen molar-refractivity contribution in [3.8, 4) is 0 Å². The van der Waals surface area contributed by atoms with E-state index >= 15 is 0 Å². The zero-order valence-corrected chi connectivity index (χ0v) is 14.9. The molecule has 0 atom stereocenters. The van der Waals surface area contributed by atoms with Crippen LogP contribution in [0.15, 0.2) is 56.9 Å². The minimum absolute atomic E-state index is 0.0151. The standard InChI is InChI=1S/C20H14N2O6/c1-10-5-7-27-17(10)16(23)15-13-4-3-12(21-26)9-14(13)22(19(15)24)20(25)18-11(2)6-8-28-18/h3-9,23H,1-2H3/b16-15-. The molecule has 0 bridgehead atoms. The Bertz CT molecular complexity index is 1170. The van der Waals surface area contributed by atoms with E-state index in [1.807, 2.05) is 0 Å². The summed E-state index contributed by atoms with van der Waals surface area (Å²) in [5.74, 6) is -1.76. The first-order valence-corrected chi connectivity index (χ1v) is 8.32. The quantitative estimate of drug-likeness (QED) is 0.311. The van der Waals surface area contributed by atoms with Gasteiger partial charge in [0.15, 0.2) is 17.3 Å². The highest BCUT2D eigenvalue weighted by Gasteiger charge is 2.41. The fourth-order valence-electron chi connectivity index (χ4n) is 3.16. The van der Waals surface area contributed by atoms with E-state index in [1.54, 1.807) is 26.0 Å². The number of carbonyl (C=O) groups is 2. The smallest absolute Gasteiger partial charge is 0.301 e. The summed E-state index contributed by atoms with van der Waals surface area (Å²) < 4.78 is 10.5. The van der Waals surface area contributed by atoms with Gasteiger partial charge < -0.3 is 13.9 Å². The van der Waals surface area contributed by atoms with Crippen molar-refractivity contribution in [2.24, 2.45) is 5.18 Å². The van der Waals surface area contributed by atoms with Crippen molar-refractivity contribution in [1.29, 1.82) is 0 Å². The molecule has 1 N–H and O–H groups in total. The maximum Gasteiger partial charge on any atom is 0.301 e. The third-order valence-electron chi connectivity index (χ3n) is 4.59. The molecule has 1 aliphatic rings. The SMILES string of the molecule is Cc1ccoc1C(=O)N1C(=O)/C(=C(\O)c2occc2C)c2ccc(N=O)cc21. The van der Waals surface area contributed by atoms with Gasteiger partial charge >= 0.3 is 5.91 Å². The van der Waals surface area contributed by atoms with Crippen LogP contribution in [0.25, 0.3) is 11.3 Å². The number of amides is 2. The Morgan fingerprint density at radius 2 is 1.68 bits per heavy atom. The molecule has 0 saturated carbocycles. The van der Waals surface area contributed by atoms with Crippen LogP contribution in [0.4, 0.5) is 11.4 Å². The number of rotatable bonds is 3. The number of anilines is 1. The van der Waals surface area contributed by atoms with E-state index in [1.165, 1.54) is 30.7 Å². The van der Waals surface area contributed by atoms with Crippen molar-refractivity contribution >= 4 is 34.5 Å². The van der Waals surface area contributed by atoms with Crippen LogP contribution in [0.2, 0.25) is 0 Å². The highest BCUT2D eigenvalue weighted by molar-refractivity contribution is 6.44. The predicted molar refractivity (Wildman–Crippen MR) is 100 cm³/mol. The molecule has 4 rings (SSSR count). The Morgan fingerprint density at radius 1 is 1.04 bits per heavy atom. The topological polar surface area (TPSA) is 113 Å². The van der Waals surface area contributed by atoms with Gasteiger partial charge in [0.05, 0.1) is 23.8 Å². The number of benzene rings is 1. The number of aliphatic hydroxyl groups excluding tert-OH is 1. The zero-order chi connectivity index (χ0) is 20.0. The van der Waals surface area contributed by atoms with Crippen LogP contribution < -0.4 is 4.90 Å². The second-order valence-corrected chi connectivity index (χ2v) is 6.33. The first kappa shape index (κ1) is 17.5. The van der Waals surface area contributed by atoms with Crippen molar-refractivity contribution in [3.05, 3.63) is 76.0 Å². The van der Waals surface area contributed by atoms with E-state index in [-0.39, 0.29) is 34.0 Å². The lowest BCUT2D eigenvalue weighted by Gasteiger charge is -2.14. The van der Waals surface area contributed by atoms with E-state index in [9.17, 15) is 19.6 Å². The number of hydrogen-bond acceptors (Lipinski definition) is 7. The third-order valence-corrected chi connectivity index (χ3v) is 4.59. The number of carbonyl (C=O) groups excluding carboxylic acids is 2. The summed E-state index contributed by atoms with van der Waals surface area (Å²) in [7, 11) is 0. The normalized spacial score (nSPS) is 14.9. The Balaban J connectivity index is 1.95. The number of hydrogen-bond donors (Lipinski definition) is 1. The largest absolute Gasteiger partial charge is 0.504 e. The Labute approximate surface area is 158 Å². The highest BCUT2D eigenvalue weighted by atomic mass is 16.4. The van der Waals surface area contributed by atoms with E-state index in [0.717, 1.165) is 4.90 Å². The molecule has 1 aromatic carbocycles. The maximum atomic E-state index is 13.2. The molecule has 1 aliphatic heterocycles. The number of imide groups is 1. The fourth-order valence-corrected chi connectivity index (χ4v) is 3.16. The molecule has 2 aromatic heterocycles. The number of nitrogens with zero attached hydrogens (tertiary/aromatic N) is 2. The maximum absolute atomic E-state index is 13.2. The summed E-state index contributed by atoms with van der Waals surface area (Å²) in [4.78, 5) is 38.0. The van der Waals surface area contributed by atoms with Crippen LogP contribution in [0.5, 0.6) is 0 Å². The lowest BCUT2D eigenvalue weighted by atomic mass is 10.0. The molecule has 0 aliphatic carbocycles. The number of nitroso groups, excluding NO2 is 1. The van der Waals surface area contributed by atoms with Crippen LogP contribution in [0, 0.1) is 18.8 Å². The molecule has 140 valence electrons. The van der Waals surface area contributed by atoms with E-state index in [2.05, 4.69) is 5.18 Å². The molecule has 2 amide bonds. The van der Waals surface area contributed by atoms with Gasteiger partial charge in [0.1, 0.15) is 5.69 Å². The molecule has 0 spiro atoms. The van der Waals surface area contributed by atoms with Gasteiger partial charge in [0.2, 0.25) is 0 Å². The van der Waals surface area contributed by atoms with Crippen LogP contribution in [-0.4, -0.2) is 16.9 Å². The van der Waals surface area contributed by atoms with Gasteiger partial charge in [0, 0.05) is 11.1 Å². The van der Waals surface area contributed by atoms with Crippen molar-refractivity contribution in [2.75, 3.05) is 4.90 Å². The first-order chi connectivity index (χ1) is 13.4. The molecule has 8 nitrogen and oxygen atoms in total. The summed E-state index contributed by atoms with van der Waals surface area (Å²) in [6.45, 7) is 3.38. The van der Waals surface area contributed by atoms with Gasteiger partial charge in [-0.25, -0.2) is 4.90 Å². The van der Waals surface area contributed by atoms with Gasteiger partial charge in [-0.15, -0.1) is 4.91 Å². The van der Waals surface area contributed by atoms with Gasteiger partial charge in [-0.3, -0.25) is 9.59 Å². The number of fused-ring (bicyclic) bond motifs is 1. The van der Waals surface area contributed by atoms with E-state index in [0.29, 0.717) is 11.1 Å². The predicted octanol–water partition coefficient (Wildman–Crippen LogP) is 4.50. The second kappa shape index (κ2) is 6.34. The van der Waals surface area contributed by atoms with Crippen molar-refractivity contribution in [2.45, 2.75) is 13.8 Å². The Kier molecular flexibility index (Phi) is 3.96. The van der Waals surface area contributed by atoms with Crippen molar-refractivity contribution in [3.63, 3.8) is 0 Å². The van der Waals surface area contributed by atoms with Crippen LogP contribution in [0.1, 0.15) is 33.0 Å². The molecule has 3 aromatic rings. The van der Waals surface area contributed by atoms with E-state index < -0.39 is 17.6 Å². The molecular formula is C20H14N2O6.